The van der Waals surface area contributed by atoms with Crippen LogP contribution in [0.2, 0.25) is 0 Å². The molecule has 142 valence electrons. The molecule has 0 aliphatic rings. The van der Waals surface area contributed by atoms with Gasteiger partial charge in [0, 0.05) is 23.3 Å². The van der Waals surface area contributed by atoms with Crippen molar-refractivity contribution >= 4 is 40.4 Å². The van der Waals surface area contributed by atoms with Crippen molar-refractivity contribution in [3.8, 4) is 17.1 Å². The highest BCUT2D eigenvalue weighted by atomic mass is 127. The Kier molecular flexibility index (Phi) is 6.04. The van der Waals surface area contributed by atoms with Gasteiger partial charge in [-0.1, -0.05) is 0 Å². The van der Waals surface area contributed by atoms with Crippen molar-refractivity contribution in [3.63, 3.8) is 0 Å². The summed E-state index contributed by atoms with van der Waals surface area (Å²) in [5, 5.41) is 14.6. The van der Waals surface area contributed by atoms with Crippen LogP contribution in [0.3, 0.4) is 0 Å². The Morgan fingerprint density at radius 2 is 1.96 bits per heavy atom. The van der Waals surface area contributed by atoms with E-state index in [1.54, 1.807) is 42.5 Å². The monoisotopic (exact) mass is 491 g/mol. The summed E-state index contributed by atoms with van der Waals surface area (Å²) in [6.45, 7) is 0. The molecule has 2 aromatic carbocycles. The number of nitrogens with one attached hydrogen (secondary N) is 1. The van der Waals surface area contributed by atoms with E-state index in [4.69, 9.17) is 9.15 Å². The van der Waals surface area contributed by atoms with E-state index >= 15 is 0 Å². The van der Waals surface area contributed by atoms with E-state index in [2.05, 4.69) is 33.1 Å². The summed E-state index contributed by atoms with van der Waals surface area (Å²) < 4.78 is 11.7. The van der Waals surface area contributed by atoms with Gasteiger partial charge >= 0.3 is 0 Å². The number of nitro benzene ring substituents is 1. The molecule has 1 N–H and O–H groups in total. The van der Waals surface area contributed by atoms with E-state index in [1.165, 1.54) is 25.5 Å². The van der Waals surface area contributed by atoms with Gasteiger partial charge in [0.15, 0.2) is 0 Å². The van der Waals surface area contributed by atoms with Crippen LogP contribution in [0, 0.1) is 13.7 Å². The number of hydrogen-bond donors (Lipinski definition) is 1. The molecule has 1 amide bonds. The first-order valence-corrected chi connectivity index (χ1v) is 9.07. The third-order valence-corrected chi connectivity index (χ3v) is 4.65. The van der Waals surface area contributed by atoms with E-state index in [0.29, 0.717) is 28.4 Å². The molecule has 0 fully saturated rings. The maximum atomic E-state index is 12.2. The largest absolute Gasteiger partial charge is 0.496 e. The molecule has 0 aliphatic carbocycles. The van der Waals surface area contributed by atoms with Gasteiger partial charge in [-0.15, -0.1) is 0 Å². The molecule has 1 aromatic heterocycles. The molecule has 8 nitrogen and oxygen atoms in total. The van der Waals surface area contributed by atoms with Crippen molar-refractivity contribution in [2.75, 3.05) is 7.11 Å². The predicted molar refractivity (Wildman–Crippen MR) is 112 cm³/mol. The number of benzene rings is 2. The summed E-state index contributed by atoms with van der Waals surface area (Å²) in [6, 6.07) is 14.5. The minimum absolute atomic E-state index is 0.00651. The number of nitrogens with zero attached hydrogens (tertiary/aromatic N) is 2. The zero-order chi connectivity index (χ0) is 20.1. The fourth-order valence-corrected chi connectivity index (χ4v) is 2.90. The molecule has 3 rings (SSSR count). The number of non-ortho nitro benzene ring substituents is 1. The van der Waals surface area contributed by atoms with Gasteiger partial charge in [-0.05, 0) is 65.1 Å². The molecule has 0 spiro atoms. The molecule has 0 saturated carbocycles. The second kappa shape index (κ2) is 8.65. The molecule has 0 radical (unpaired) electrons. The first-order valence-electron chi connectivity index (χ1n) is 7.99. The van der Waals surface area contributed by atoms with Gasteiger partial charge in [-0.3, -0.25) is 14.9 Å². The van der Waals surface area contributed by atoms with Crippen LogP contribution < -0.4 is 10.2 Å². The average Bonchev–Trinajstić information content (AvgIpc) is 3.17. The van der Waals surface area contributed by atoms with E-state index in [1.807, 2.05) is 0 Å². The van der Waals surface area contributed by atoms with Crippen molar-refractivity contribution < 1.29 is 18.9 Å². The average molecular weight is 491 g/mol. The number of hydrogen-bond acceptors (Lipinski definition) is 6. The standard InChI is InChI=1S/C19H14IN3O5/c1-27-18-10-13(4-8-16(18)20)19(24)22-21-11-15-7-9-17(28-15)12-2-5-14(6-3-12)23(25)26/h2-11H,1H3,(H,22,24)/b21-11+. The topological polar surface area (TPSA) is 107 Å². The summed E-state index contributed by atoms with van der Waals surface area (Å²) in [5.74, 6) is 1.18. The number of amides is 1. The first-order chi connectivity index (χ1) is 13.5. The highest BCUT2D eigenvalue weighted by Gasteiger charge is 2.09. The fourth-order valence-electron chi connectivity index (χ4n) is 2.34. The van der Waals surface area contributed by atoms with Crippen molar-refractivity contribution in [2.45, 2.75) is 0 Å². The van der Waals surface area contributed by atoms with Crippen LogP contribution in [-0.4, -0.2) is 24.2 Å². The first kappa shape index (κ1) is 19.5. The van der Waals surface area contributed by atoms with Crippen molar-refractivity contribution in [1.29, 1.82) is 0 Å². The maximum absolute atomic E-state index is 12.2. The summed E-state index contributed by atoms with van der Waals surface area (Å²) >= 11 is 2.12. The lowest BCUT2D eigenvalue weighted by Crippen LogP contribution is -2.17. The third kappa shape index (κ3) is 4.55. The zero-order valence-electron chi connectivity index (χ0n) is 14.6. The molecular weight excluding hydrogens is 477 g/mol. The van der Waals surface area contributed by atoms with Gasteiger partial charge in [0.25, 0.3) is 11.6 Å². The molecule has 0 unspecified atom stereocenters. The smallest absolute Gasteiger partial charge is 0.271 e. The minimum atomic E-state index is -0.462. The van der Waals surface area contributed by atoms with Gasteiger partial charge in [-0.2, -0.15) is 5.10 Å². The second-order valence-electron chi connectivity index (χ2n) is 5.55. The number of nitro groups is 1. The van der Waals surface area contributed by atoms with Crippen molar-refractivity contribution in [1.82, 2.24) is 5.43 Å². The van der Waals surface area contributed by atoms with Gasteiger partial charge in [0.1, 0.15) is 17.3 Å². The Balaban J connectivity index is 1.65. The zero-order valence-corrected chi connectivity index (χ0v) is 16.7. The van der Waals surface area contributed by atoms with Crippen LogP contribution in [0.4, 0.5) is 5.69 Å². The number of hydrazone groups is 1. The minimum Gasteiger partial charge on any atom is -0.496 e. The maximum Gasteiger partial charge on any atom is 0.271 e. The van der Waals surface area contributed by atoms with Crippen molar-refractivity contribution in [2.24, 2.45) is 5.10 Å². The van der Waals surface area contributed by atoms with Crippen molar-refractivity contribution in [3.05, 3.63) is 79.6 Å². The van der Waals surface area contributed by atoms with Gasteiger partial charge in [0.05, 0.1) is 21.8 Å². The lowest BCUT2D eigenvalue weighted by Gasteiger charge is -2.05. The fraction of sp³-hybridized carbons (Fsp3) is 0.0526. The number of carbonyl (C=O) groups is 1. The Labute approximate surface area is 173 Å². The quantitative estimate of drug-likeness (QED) is 0.240. The van der Waals surface area contributed by atoms with E-state index < -0.39 is 4.92 Å². The number of halogens is 1. The highest BCUT2D eigenvalue weighted by molar-refractivity contribution is 14.1. The lowest BCUT2D eigenvalue weighted by atomic mass is 10.1. The molecule has 0 bridgehead atoms. The molecule has 9 heteroatoms. The molecule has 0 saturated heterocycles. The Bertz CT molecular complexity index is 1040. The van der Waals surface area contributed by atoms with Crippen LogP contribution in [0.15, 0.2) is 64.1 Å². The van der Waals surface area contributed by atoms with Crippen LogP contribution in [0.1, 0.15) is 16.1 Å². The van der Waals surface area contributed by atoms with E-state index in [-0.39, 0.29) is 11.6 Å². The van der Waals surface area contributed by atoms with Crippen LogP contribution in [0.5, 0.6) is 5.75 Å². The number of ether oxygens (including phenoxy) is 1. The summed E-state index contributed by atoms with van der Waals surface area (Å²) in [5.41, 5.74) is 3.54. The van der Waals surface area contributed by atoms with Gasteiger partial charge in [0.2, 0.25) is 0 Å². The number of rotatable bonds is 6. The Hall–Kier alpha value is -3.21. The van der Waals surface area contributed by atoms with Crippen LogP contribution in [0.25, 0.3) is 11.3 Å². The summed E-state index contributed by atoms with van der Waals surface area (Å²) in [7, 11) is 1.54. The SMILES string of the molecule is COc1cc(C(=O)N/N=C/c2ccc(-c3ccc([N+](=O)[O-])cc3)o2)ccc1I. The molecule has 28 heavy (non-hydrogen) atoms. The third-order valence-electron chi connectivity index (χ3n) is 3.76. The normalized spacial score (nSPS) is 10.8. The van der Waals surface area contributed by atoms with Gasteiger partial charge < -0.3 is 9.15 Å². The van der Waals surface area contributed by atoms with E-state index in [9.17, 15) is 14.9 Å². The molecular formula is C19H14IN3O5. The molecule has 3 aromatic rings. The highest BCUT2D eigenvalue weighted by Crippen LogP contribution is 2.24. The van der Waals surface area contributed by atoms with Gasteiger partial charge in [-0.25, -0.2) is 5.43 Å². The Morgan fingerprint density at radius 3 is 2.64 bits per heavy atom. The summed E-state index contributed by atoms with van der Waals surface area (Å²) in [4.78, 5) is 22.4. The second-order valence-corrected chi connectivity index (χ2v) is 6.72. The predicted octanol–water partition coefficient (Wildman–Crippen LogP) is 4.23. The van der Waals surface area contributed by atoms with Crippen LogP contribution in [-0.2, 0) is 0 Å². The molecule has 1 heterocycles. The van der Waals surface area contributed by atoms with E-state index in [0.717, 1.165) is 3.57 Å². The molecule has 0 atom stereocenters. The molecule has 0 aliphatic heterocycles. The number of methoxy groups -OCH3 is 1. The summed E-state index contributed by atoms with van der Waals surface area (Å²) in [6.07, 6.45) is 1.37. The number of furan rings is 1. The lowest BCUT2D eigenvalue weighted by molar-refractivity contribution is -0.384. The van der Waals surface area contributed by atoms with Crippen LogP contribution >= 0.6 is 22.6 Å². The number of carbonyl (C=O) groups excluding carboxylic acids is 1. The Morgan fingerprint density at radius 1 is 1.21 bits per heavy atom.